The lowest BCUT2D eigenvalue weighted by molar-refractivity contribution is -0.140. The maximum atomic E-state index is 12.2. The highest BCUT2D eigenvalue weighted by atomic mass is 16.4. The van der Waals surface area contributed by atoms with Crippen molar-refractivity contribution in [3.8, 4) is 0 Å². The molecule has 4 atom stereocenters. The zero-order valence-electron chi connectivity index (χ0n) is 13.1. The predicted molar refractivity (Wildman–Crippen MR) is 77.6 cm³/mol. The Kier molecular flexibility index (Phi) is 5.80. The largest absolute Gasteiger partial charge is 0.480 e. The lowest BCUT2D eigenvalue weighted by atomic mass is 9.99. The van der Waals surface area contributed by atoms with Crippen LogP contribution in [0.15, 0.2) is 0 Å². The third-order valence-electron chi connectivity index (χ3n) is 4.28. The minimum Gasteiger partial charge on any atom is -0.480 e. The molecule has 0 aromatic rings. The second kappa shape index (κ2) is 6.92. The van der Waals surface area contributed by atoms with Gasteiger partial charge < -0.3 is 20.2 Å². The van der Waals surface area contributed by atoms with Gasteiger partial charge in [-0.05, 0) is 25.9 Å². The summed E-state index contributed by atoms with van der Waals surface area (Å²) in [5, 5.41) is 11.9. The number of nitrogens with one attached hydrogen (secondary N) is 1. The van der Waals surface area contributed by atoms with Crippen LogP contribution < -0.4 is 5.32 Å². The topological polar surface area (TPSA) is 72.9 Å². The van der Waals surface area contributed by atoms with Crippen molar-refractivity contribution >= 4 is 12.0 Å². The van der Waals surface area contributed by atoms with Gasteiger partial charge >= 0.3 is 12.0 Å². The van der Waals surface area contributed by atoms with E-state index in [1.54, 1.807) is 4.90 Å². The molecule has 0 aliphatic carbocycles. The molecule has 0 aromatic carbocycles. The van der Waals surface area contributed by atoms with E-state index >= 15 is 0 Å². The number of carbonyl (C=O) groups is 2. The molecule has 2 N–H and O–H groups in total. The molecule has 6 heteroatoms. The Labute approximate surface area is 121 Å². The summed E-state index contributed by atoms with van der Waals surface area (Å²) in [6.45, 7) is 7.19. The van der Waals surface area contributed by atoms with Crippen molar-refractivity contribution in [1.29, 1.82) is 0 Å². The highest BCUT2D eigenvalue weighted by Crippen LogP contribution is 2.20. The second-order valence-electron chi connectivity index (χ2n) is 6.06. The van der Waals surface area contributed by atoms with Gasteiger partial charge in [-0.3, -0.25) is 0 Å². The first-order valence-corrected chi connectivity index (χ1v) is 7.22. The van der Waals surface area contributed by atoms with Crippen LogP contribution in [0.5, 0.6) is 0 Å². The van der Waals surface area contributed by atoms with Crippen molar-refractivity contribution in [2.75, 3.05) is 27.2 Å². The molecule has 0 saturated carbocycles. The number of nitrogens with zero attached hydrogens (tertiary/aromatic N) is 2. The molecule has 1 saturated heterocycles. The molecular formula is C14H27N3O3. The Morgan fingerprint density at radius 2 is 2.00 bits per heavy atom. The molecule has 20 heavy (non-hydrogen) atoms. The van der Waals surface area contributed by atoms with Crippen molar-refractivity contribution in [2.24, 2.45) is 11.8 Å². The van der Waals surface area contributed by atoms with Crippen LogP contribution in [0.4, 0.5) is 4.79 Å². The summed E-state index contributed by atoms with van der Waals surface area (Å²) in [6, 6.07) is -0.761. The first-order valence-electron chi connectivity index (χ1n) is 7.22. The number of likely N-dealkylation sites (N-methyl/N-ethyl adjacent to an activating group) is 1. The molecule has 1 heterocycles. The zero-order chi connectivity index (χ0) is 15.4. The number of carboxylic acid groups (broad SMARTS) is 1. The van der Waals surface area contributed by atoms with E-state index in [-0.39, 0.29) is 11.9 Å². The summed E-state index contributed by atoms with van der Waals surface area (Å²) in [7, 11) is 4.00. The third kappa shape index (κ3) is 3.85. The maximum absolute atomic E-state index is 12.2. The quantitative estimate of drug-likeness (QED) is 0.793. The Balaban J connectivity index is 2.65. The van der Waals surface area contributed by atoms with Crippen LogP contribution in [0, 0.1) is 11.8 Å². The number of amides is 2. The van der Waals surface area contributed by atoms with Crippen molar-refractivity contribution in [1.82, 2.24) is 15.1 Å². The summed E-state index contributed by atoms with van der Waals surface area (Å²) in [5.41, 5.74) is 0. The summed E-state index contributed by atoms with van der Waals surface area (Å²) in [5.74, 6) is -0.659. The highest BCUT2D eigenvalue weighted by Gasteiger charge is 2.35. The van der Waals surface area contributed by atoms with E-state index < -0.39 is 12.0 Å². The average molecular weight is 285 g/mol. The van der Waals surface area contributed by atoms with Gasteiger partial charge in [0.25, 0.3) is 0 Å². The molecule has 1 rings (SSSR count). The van der Waals surface area contributed by atoms with E-state index in [9.17, 15) is 14.7 Å². The molecule has 0 aromatic heterocycles. The Hall–Kier alpha value is -1.30. The zero-order valence-corrected chi connectivity index (χ0v) is 13.1. The summed E-state index contributed by atoms with van der Waals surface area (Å²) >= 11 is 0. The van der Waals surface area contributed by atoms with Gasteiger partial charge in [-0.25, -0.2) is 9.59 Å². The van der Waals surface area contributed by atoms with E-state index in [2.05, 4.69) is 17.1 Å². The van der Waals surface area contributed by atoms with Crippen molar-refractivity contribution in [3.05, 3.63) is 0 Å². The number of likely N-dealkylation sites (tertiary alicyclic amines) is 1. The van der Waals surface area contributed by atoms with Crippen LogP contribution in [0.25, 0.3) is 0 Å². The van der Waals surface area contributed by atoms with Crippen molar-refractivity contribution in [3.63, 3.8) is 0 Å². The van der Waals surface area contributed by atoms with E-state index in [0.29, 0.717) is 31.5 Å². The molecule has 1 fully saturated rings. The Bertz CT molecular complexity index is 360. The van der Waals surface area contributed by atoms with Crippen LogP contribution in [-0.4, -0.2) is 66.2 Å². The summed E-state index contributed by atoms with van der Waals surface area (Å²) < 4.78 is 0. The van der Waals surface area contributed by atoms with E-state index in [4.69, 9.17) is 0 Å². The number of carbonyl (C=O) groups excluding carboxylic acids is 1. The van der Waals surface area contributed by atoms with Gasteiger partial charge in [0, 0.05) is 19.1 Å². The number of urea groups is 1. The van der Waals surface area contributed by atoms with Gasteiger partial charge in [-0.2, -0.15) is 0 Å². The number of rotatable bonds is 5. The van der Waals surface area contributed by atoms with Gasteiger partial charge in [-0.15, -0.1) is 0 Å². The maximum Gasteiger partial charge on any atom is 0.326 e. The monoisotopic (exact) mass is 285 g/mol. The minimum atomic E-state index is -0.968. The standard InChI is InChI=1S/C14H27N3O3/c1-6-9(2)12(13(18)19)15-14(20)17-7-10(3)11(8-17)16(4)5/h9-12H,6-8H2,1-5H3,(H,15,20)(H,18,19)/t9?,10?,11?,12-/m0/s1. The van der Waals surface area contributed by atoms with Crippen LogP contribution in [0.2, 0.25) is 0 Å². The van der Waals surface area contributed by atoms with E-state index in [1.807, 2.05) is 27.9 Å². The molecule has 3 unspecified atom stereocenters. The molecule has 0 spiro atoms. The Morgan fingerprint density at radius 1 is 1.40 bits per heavy atom. The summed E-state index contributed by atoms with van der Waals surface area (Å²) in [6.07, 6.45) is 0.716. The third-order valence-corrected chi connectivity index (χ3v) is 4.28. The molecule has 1 aliphatic heterocycles. The summed E-state index contributed by atoms with van der Waals surface area (Å²) in [4.78, 5) is 27.3. The molecule has 2 amide bonds. The average Bonchev–Trinajstić information content (AvgIpc) is 2.76. The number of carboxylic acids is 1. The van der Waals surface area contributed by atoms with Crippen LogP contribution in [0.1, 0.15) is 27.2 Å². The minimum absolute atomic E-state index is 0.0823. The molecule has 0 radical (unpaired) electrons. The number of aliphatic carboxylic acids is 1. The van der Waals surface area contributed by atoms with Crippen LogP contribution >= 0.6 is 0 Å². The second-order valence-corrected chi connectivity index (χ2v) is 6.06. The van der Waals surface area contributed by atoms with Gasteiger partial charge in [0.15, 0.2) is 0 Å². The van der Waals surface area contributed by atoms with E-state index in [0.717, 1.165) is 0 Å². The predicted octanol–water partition coefficient (Wildman–Crippen LogP) is 1.08. The van der Waals surface area contributed by atoms with Crippen molar-refractivity contribution in [2.45, 2.75) is 39.3 Å². The van der Waals surface area contributed by atoms with Gasteiger partial charge in [-0.1, -0.05) is 27.2 Å². The smallest absolute Gasteiger partial charge is 0.326 e. The lowest BCUT2D eigenvalue weighted by Crippen LogP contribution is -2.50. The van der Waals surface area contributed by atoms with Gasteiger partial charge in [0.2, 0.25) is 0 Å². The fraction of sp³-hybridized carbons (Fsp3) is 0.857. The Morgan fingerprint density at radius 3 is 2.40 bits per heavy atom. The fourth-order valence-corrected chi connectivity index (χ4v) is 2.70. The first-order chi connectivity index (χ1) is 9.27. The number of hydrogen-bond donors (Lipinski definition) is 2. The van der Waals surface area contributed by atoms with E-state index in [1.165, 1.54) is 0 Å². The molecule has 0 bridgehead atoms. The molecule has 116 valence electrons. The van der Waals surface area contributed by atoms with Crippen LogP contribution in [-0.2, 0) is 4.79 Å². The lowest BCUT2D eigenvalue weighted by Gasteiger charge is -2.25. The first kappa shape index (κ1) is 16.8. The number of hydrogen-bond acceptors (Lipinski definition) is 3. The molecule has 6 nitrogen and oxygen atoms in total. The van der Waals surface area contributed by atoms with Gasteiger partial charge in [0.1, 0.15) is 6.04 Å². The van der Waals surface area contributed by atoms with Gasteiger partial charge in [0.05, 0.1) is 0 Å². The molecule has 1 aliphatic rings. The van der Waals surface area contributed by atoms with Crippen molar-refractivity contribution < 1.29 is 14.7 Å². The fourth-order valence-electron chi connectivity index (χ4n) is 2.70. The normalized spacial score (nSPS) is 25.6. The SMILES string of the molecule is CCC(C)[C@H](NC(=O)N1CC(C)C(N(C)C)C1)C(=O)O. The van der Waals surface area contributed by atoms with Crippen LogP contribution in [0.3, 0.4) is 0 Å². The molecular weight excluding hydrogens is 258 g/mol. The highest BCUT2D eigenvalue weighted by molar-refractivity contribution is 5.83.